The van der Waals surface area contributed by atoms with E-state index in [4.69, 9.17) is 16.3 Å². The zero-order chi connectivity index (χ0) is 26.0. The first kappa shape index (κ1) is 25.7. The fraction of sp³-hybridized carbons (Fsp3) is 0.250. The number of nitrogens with zero attached hydrogens (tertiary/aromatic N) is 2. The molecule has 4 aromatic rings. The Morgan fingerprint density at radius 2 is 1.75 bits per heavy atom. The van der Waals surface area contributed by atoms with E-state index < -0.39 is 17.3 Å². The highest BCUT2D eigenvalue weighted by Gasteiger charge is 2.30. The maximum absolute atomic E-state index is 13.7. The van der Waals surface area contributed by atoms with Crippen LogP contribution in [0.5, 0.6) is 5.75 Å². The highest BCUT2D eigenvalue weighted by Crippen LogP contribution is 2.37. The van der Waals surface area contributed by atoms with Gasteiger partial charge < -0.3 is 15.2 Å². The van der Waals surface area contributed by atoms with Gasteiger partial charge in [0.1, 0.15) is 23.2 Å². The summed E-state index contributed by atoms with van der Waals surface area (Å²) in [6.07, 6.45) is 1.12. The minimum atomic E-state index is -0.669. The minimum Gasteiger partial charge on any atom is -0.496 e. The molecule has 1 heterocycles. The van der Waals surface area contributed by atoms with Gasteiger partial charge in [0.25, 0.3) is 0 Å². The number of rotatable bonds is 8. The van der Waals surface area contributed by atoms with Crippen LogP contribution in [0.15, 0.2) is 66.9 Å². The molecule has 3 aromatic carbocycles. The van der Waals surface area contributed by atoms with Gasteiger partial charge in [-0.3, -0.25) is 4.57 Å². The number of benzene rings is 3. The van der Waals surface area contributed by atoms with Gasteiger partial charge in [-0.15, -0.1) is 0 Å². The number of halogens is 3. The molecule has 0 spiro atoms. The van der Waals surface area contributed by atoms with Crippen molar-refractivity contribution in [1.29, 1.82) is 0 Å². The van der Waals surface area contributed by atoms with Gasteiger partial charge in [-0.1, -0.05) is 37.6 Å². The van der Waals surface area contributed by atoms with Crippen LogP contribution in [0.3, 0.4) is 0 Å². The number of hydrogen-bond acceptors (Lipinski definition) is 4. The predicted molar refractivity (Wildman–Crippen MR) is 138 cm³/mol. The third kappa shape index (κ3) is 5.08. The zero-order valence-electron chi connectivity index (χ0n) is 20.5. The maximum Gasteiger partial charge on any atom is 0.132 e. The molecular formula is C28H28ClF2N3O2. The molecule has 0 saturated carbocycles. The molecule has 1 atom stereocenters. The molecule has 0 saturated heterocycles. The van der Waals surface area contributed by atoms with Crippen molar-refractivity contribution in [3.8, 4) is 11.4 Å². The van der Waals surface area contributed by atoms with Crippen LogP contribution in [0.1, 0.15) is 49.5 Å². The molecule has 1 unspecified atom stereocenters. The number of imidazole rings is 1. The number of hydrogen-bond donors (Lipinski definition) is 2. The van der Waals surface area contributed by atoms with Gasteiger partial charge in [-0.05, 0) is 61.0 Å². The lowest BCUT2D eigenvalue weighted by Gasteiger charge is -2.28. The van der Waals surface area contributed by atoms with Crippen molar-refractivity contribution < 1.29 is 18.6 Å². The second kappa shape index (κ2) is 10.3. The molecule has 0 radical (unpaired) electrons. The Labute approximate surface area is 214 Å². The lowest BCUT2D eigenvalue weighted by Crippen LogP contribution is -2.24. The van der Waals surface area contributed by atoms with E-state index in [0.717, 1.165) is 16.9 Å². The van der Waals surface area contributed by atoms with E-state index in [2.05, 4.69) is 24.1 Å². The summed E-state index contributed by atoms with van der Waals surface area (Å²) in [4.78, 5) is 4.68. The molecule has 36 heavy (non-hydrogen) atoms. The van der Waals surface area contributed by atoms with Crippen LogP contribution in [0.4, 0.5) is 14.5 Å². The van der Waals surface area contributed by atoms with Crippen LogP contribution < -0.4 is 10.1 Å². The third-order valence-corrected chi connectivity index (χ3v) is 6.65. The average Bonchev–Trinajstić information content (AvgIpc) is 3.28. The number of aromatic nitrogens is 2. The Kier molecular flexibility index (Phi) is 7.33. The molecule has 188 valence electrons. The van der Waals surface area contributed by atoms with Gasteiger partial charge in [0.2, 0.25) is 0 Å². The molecule has 4 rings (SSSR count). The number of methoxy groups -OCH3 is 1. The maximum atomic E-state index is 13.7. The Balaban J connectivity index is 1.78. The van der Waals surface area contributed by atoms with E-state index in [-0.39, 0.29) is 10.8 Å². The van der Waals surface area contributed by atoms with Crippen molar-refractivity contribution in [2.24, 2.45) is 0 Å². The van der Waals surface area contributed by atoms with E-state index in [1.54, 1.807) is 38.4 Å². The van der Waals surface area contributed by atoms with Crippen LogP contribution in [0, 0.1) is 11.6 Å². The van der Waals surface area contributed by atoms with Crippen LogP contribution >= 0.6 is 11.6 Å². The van der Waals surface area contributed by atoms with Crippen molar-refractivity contribution in [2.45, 2.75) is 38.8 Å². The minimum absolute atomic E-state index is 0.265. The quantitative estimate of drug-likeness (QED) is 0.273. The van der Waals surface area contributed by atoms with Crippen molar-refractivity contribution in [3.63, 3.8) is 0 Å². The second-order valence-electron chi connectivity index (χ2n) is 9.11. The molecule has 0 fully saturated rings. The average molecular weight is 512 g/mol. The van der Waals surface area contributed by atoms with Gasteiger partial charge in [0, 0.05) is 22.9 Å². The summed E-state index contributed by atoms with van der Waals surface area (Å²) in [6, 6.07) is 16.1. The number of nitrogens with one attached hydrogen (secondary N) is 1. The molecule has 1 aromatic heterocycles. The Bertz CT molecular complexity index is 1370. The van der Waals surface area contributed by atoms with Gasteiger partial charge in [0.05, 0.1) is 36.2 Å². The first-order valence-corrected chi connectivity index (χ1v) is 11.9. The fourth-order valence-corrected chi connectivity index (χ4v) is 4.47. The van der Waals surface area contributed by atoms with Gasteiger partial charge in [-0.25, -0.2) is 13.8 Å². The number of ether oxygens (including phenoxy) is 1. The van der Waals surface area contributed by atoms with Gasteiger partial charge >= 0.3 is 0 Å². The SMILES string of the molecule is COc1cc(C(C)(C)c2cnc(CNc3ccc(F)cc3Cl)n2-c2ccc(F)cc2)ccc1C(C)O. The van der Waals surface area contributed by atoms with Gasteiger partial charge in [-0.2, -0.15) is 0 Å². The molecule has 0 aliphatic carbocycles. The molecule has 0 aliphatic rings. The monoisotopic (exact) mass is 511 g/mol. The lowest BCUT2D eigenvalue weighted by atomic mass is 9.80. The smallest absolute Gasteiger partial charge is 0.132 e. The lowest BCUT2D eigenvalue weighted by molar-refractivity contribution is 0.194. The summed E-state index contributed by atoms with van der Waals surface area (Å²) in [5.74, 6) is 0.504. The topological polar surface area (TPSA) is 59.3 Å². The summed E-state index contributed by atoms with van der Waals surface area (Å²) in [5.41, 5.74) is 3.29. The molecule has 5 nitrogen and oxygen atoms in total. The molecular weight excluding hydrogens is 484 g/mol. The number of anilines is 1. The largest absolute Gasteiger partial charge is 0.496 e. The third-order valence-electron chi connectivity index (χ3n) is 6.33. The summed E-state index contributed by atoms with van der Waals surface area (Å²) in [6.45, 7) is 6.12. The Morgan fingerprint density at radius 3 is 2.39 bits per heavy atom. The first-order chi connectivity index (χ1) is 17.1. The molecule has 8 heteroatoms. The normalized spacial score (nSPS) is 12.4. The number of aliphatic hydroxyl groups excluding tert-OH is 1. The van der Waals surface area contributed by atoms with Crippen molar-refractivity contribution in [1.82, 2.24) is 9.55 Å². The van der Waals surface area contributed by atoms with E-state index in [9.17, 15) is 13.9 Å². The molecule has 2 N–H and O–H groups in total. The van der Waals surface area contributed by atoms with Crippen LogP contribution in [-0.4, -0.2) is 21.8 Å². The summed E-state index contributed by atoms with van der Waals surface area (Å²) >= 11 is 6.19. The molecule has 0 amide bonds. The second-order valence-corrected chi connectivity index (χ2v) is 9.51. The van der Waals surface area contributed by atoms with Crippen LogP contribution in [0.25, 0.3) is 5.69 Å². The predicted octanol–water partition coefficient (Wildman–Crippen LogP) is 6.80. The standard InChI is InChI=1S/C28H28ClF2N3O2/c1-17(35)22-11-5-18(13-25(22)36-4)28(2,3)26-15-33-27(34(26)21-9-6-19(30)7-10-21)16-32-24-12-8-20(31)14-23(24)29/h5-15,17,32,35H,16H2,1-4H3. The first-order valence-electron chi connectivity index (χ1n) is 11.5. The van der Waals surface area contributed by atoms with E-state index in [1.165, 1.54) is 24.3 Å². The van der Waals surface area contributed by atoms with Crippen LogP contribution in [0.2, 0.25) is 5.02 Å². The van der Waals surface area contributed by atoms with Crippen LogP contribution in [-0.2, 0) is 12.0 Å². The van der Waals surface area contributed by atoms with Crippen molar-refractivity contribution >= 4 is 17.3 Å². The highest BCUT2D eigenvalue weighted by molar-refractivity contribution is 6.33. The Morgan fingerprint density at radius 1 is 1.06 bits per heavy atom. The Hall–Kier alpha value is -3.42. The summed E-state index contributed by atoms with van der Waals surface area (Å²) in [5, 5.41) is 13.6. The van der Waals surface area contributed by atoms with Gasteiger partial charge in [0.15, 0.2) is 0 Å². The highest BCUT2D eigenvalue weighted by atomic mass is 35.5. The van der Waals surface area contributed by atoms with E-state index >= 15 is 0 Å². The van der Waals surface area contributed by atoms with E-state index in [0.29, 0.717) is 29.4 Å². The van der Waals surface area contributed by atoms with E-state index in [1.807, 2.05) is 22.8 Å². The van der Waals surface area contributed by atoms with Crippen molar-refractivity contribution in [2.75, 3.05) is 12.4 Å². The number of aliphatic hydroxyl groups is 1. The van der Waals surface area contributed by atoms with Crippen molar-refractivity contribution in [3.05, 3.63) is 106 Å². The summed E-state index contributed by atoms with van der Waals surface area (Å²) < 4.78 is 34.7. The summed E-state index contributed by atoms with van der Waals surface area (Å²) in [7, 11) is 1.57. The molecule has 0 bridgehead atoms. The fourth-order valence-electron chi connectivity index (χ4n) is 4.23. The molecule has 0 aliphatic heterocycles. The zero-order valence-corrected chi connectivity index (χ0v) is 21.3.